The van der Waals surface area contributed by atoms with Crippen LogP contribution >= 0.6 is 55.1 Å². The van der Waals surface area contributed by atoms with Crippen molar-refractivity contribution < 1.29 is 0 Å². The van der Waals surface area contributed by atoms with Crippen molar-refractivity contribution in [3.63, 3.8) is 0 Å². The molecule has 102 valence electrons. The Hall–Kier alpha value is -0.680. The third-order valence-electron chi connectivity index (χ3n) is 2.39. The third-order valence-corrected chi connectivity index (χ3v) is 4.04. The predicted molar refractivity (Wildman–Crippen MR) is 93.1 cm³/mol. The number of hydrogen-bond acceptors (Lipinski definition) is 2. The first kappa shape index (κ1) is 15.7. The van der Waals surface area contributed by atoms with Gasteiger partial charge in [0.15, 0.2) is 10.3 Å². The molecule has 0 aliphatic heterocycles. The Labute approximate surface area is 143 Å². The van der Waals surface area contributed by atoms with Gasteiger partial charge < -0.3 is 0 Å². The Morgan fingerprint density at radius 2 is 0.950 bits per heavy atom. The molecule has 0 amide bonds. The first-order valence-electron chi connectivity index (χ1n) is 5.55. The molecule has 0 aliphatic carbocycles. The van der Waals surface area contributed by atoms with E-state index in [4.69, 9.17) is 23.2 Å². The van der Waals surface area contributed by atoms with Crippen molar-refractivity contribution in [2.75, 3.05) is 0 Å². The summed E-state index contributed by atoms with van der Waals surface area (Å²) in [5.74, 6) is 0. The summed E-state index contributed by atoms with van der Waals surface area (Å²) >= 11 is 18.9. The Bertz CT molecular complexity index is 590. The number of hydrogen-bond donors (Lipinski definition) is 0. The van der Waals surface area contributed by atoms with Crippen LogP contribution in [0.3, 0.4) is 0 Å². The van der Waals surface area contributed by atoms with Crippen LogP contribution < -0.4 is 0 Å². The first-order chi connectivity index (χ1) is 9.56. The van der Waals surface area contributed by atoms with Gasteiger partial charge in [-0.25, -0.2) is 0 Å². The molecule has 2 aromatic rings. The van der Waals surface area contributed by atoms with Crippen LogP contribution in [-0.4, -0.2) is 10.3 Å². The van der Waals surface area contributed by atoms with Gasteiger partial charge in [0.25, 0.3) is 0 Å². The quantitative estimate of drug-likeness (QED) is 0.431. The lowest BCUT2D eigenvalue weighted by molar-refractivity contribution is 1.25. The summed E-state index contributed by atoms with van der Waals surface area (Å²) in [5, 5.41) is 8.44. The lowest BCUT2D eigenvalue weighted by atomic mass is 10.2. The topological polar surface area (TPSA) is 24.7 Å². The van der Waals surface area contributed by atoms with Gasteiger partial charge >= 0.3 is 0 Å². The van der Waals surface area contributed by atoms with E-state index in [1.54, 1.807) is 0 Å². The molecule has 2 nitrogen and oxygen atoms in total. The van der Waals surface area contributed by atoms with E-state index in [1.807, 2.05) is 48.5 Å². The van der Waals surface area contributed by atoms with E-state index in [0.717, 1.165) is 20.1 Å². The second kappa shape index (κ2) is 7.36. The minimum absolute atomic E-state index is 0.285. The molecule has 0 radical (unpaired) electrons. The van der Waals surface area contributed by atoms with Crippen molar-refractivity contribution in [1.82, 2.24) is 0 Å². The monoisotopic (exact) mass is 432 g/mol. The fraction of sp³-hybridized carbons (Fsp3) is 0. The van der Waals surface area contributed by atoms with Crippen LogP contribution in [0.4, 0.5) is 0 Å². The van der Waals surface area contributed by atoms with E-state index >= 15 is 0 Å². The van der Waals surface area contributed by atoms with Crippen molar-refractivity contribution in [3.05, 3.63) is 68.6 Å². The largest absolute Gasteiger partial charge is 0.158 e. The molecule has 0 atom stereocenters. The Morgan fingerprint density at radius 3 is 1.25 bits per heavy atom. The second-order valence-electron chi connectivity index (χ2n) is 3.80. The zero-order valence-electron chi connectivity index (χ0n) is 10.0. The minimum atomic E-state index is 0.285. The highest BCUT2D eigenvalue weighted by atomic mass is 79.9. The third kappa shape index (κ3) is 4.42. The molecule has 0 heterocycles. The van der Waals surface area contributed by atoms with Crippen LogP contribution in [0.15, 0.2) is 67.7 Å². The second-order valence-corrected chi connectivity index (χ2v) is 6.34. The van der Waals surface area contributed by atoms with Crippen LogP contribution in [0, 0.1) is 0 Å². The lowest BCUT2D eigenvalue weighted by Crippen LogP contribution is -1.93. The van der Waals surface area contributed by atoms with Crippen molar-refractivity contribution in [3.8, 4) is 0 Å². The maximum absolute atomic E-state index is 6.08. The van der Waals surface area contributed by atoms with Gasteiger partial charge in [-0.3, -0.25) is 0 Å². The molecule has 0 N–H and O–H groups in total. The molecule has 0 aromatic heterocycles. The average molecular weight is 435 g/mol. The van der Waals surface area contributed by atoms with E-state index < -0.39 is 0 Å². The standard InChI is InChI=1S/C14H8Br2Cl2N2/c15-11-5-1-9(2-6-11)13(17)19-20-14(18)10-3-7-12(16)8-4-10/h1-8H/b19-13-,20-14-. The Morgan fingerprint density at radius 1 is 0.650 bits per heavy atom. The number of benzene rings is 2. The van der Waals surface area contributed by atoms with E-state index in [9.17, 15) is 0 Å². The molecule has 2 aromatic carbocycles. The zero-order chi connectivity index (χ0) is 14.5. The van der Waals surface area contributed by atoms with Crippen LogP contribution in [0.25, 0.3) is 0 Å². The van der Waals surface area contributed by atoms with E-state index in [2.05, 4.69) is 42.1 Å². The van der Waals surface area contributed by atoms with Crippen LogP contribution in [-0.2, 0) is 0 Å². The van der Waals surface area contributed by atoms with Crippen LogP contribution in [0.5, 0.6) is 0 Å². The molecule has 0 aliphatic rings. The summed E-state index contributed by atoms with van der Waals surface area (Å²) in [5.41, 5.74) is 1.55. The summed E-state index contributed by atoms with van der Waals surface area (Å²) < 4.78 is 1.95. The van der Waals surface area contributed by atoms with E-state index in [-0.39, 0.29) is 10.3 Å². The summed E-state index contributed by atoms with van der Waals surface area (Å²) in [6.45, 7) is 0. The molecule has 0 spiro atoms. The molecular weight excluding hydrogens is 427 g/mol. The fourth-order valence-corrected chi connectivity index (χ4v) is 2.23. The SMILES string of the molecule is Cl/C(=N\N=C(/Cl)c1ccc(Br)cc1)c1ccc(Br)cc1. The highest BCUT2D eigenvalue weighted by molar-refractivity contribution is 9.10. The number of nitrogens with zero attached hydrogens (tertiary/aromatic N) is 2. The molecular formula is C14H8Br2Cl2N2. The molecule has 0 bridgehead atoms. The molecule has 0 fully saturated rings. The molecule has 6 heteroatoms. The predicted octanol–water partition coefficient (Wildman–Crippen LogP) is 5.80. The fourth-order valence-electron chi connectivity index (χ4n) is 1.38. The van der Waals surface area contributed by atoms with E-state index in [0.29, 0.717) is 0 Å². The highest BCUT2D eigenvalue weighted by Gasteiger charge is 2.02. The molecule has 20 heavy (non-hydrogen) atoms. The van der Waals surface area contributed by atoms with Crippen molar-refractivity contribution in [2.24, 2.45) is 10.2 Å². The van der Waals surface area contributed by atoms with Gasteiger partial charge in [-0.15, -0.1) is 10.2 Å². The maximum atomic E-state index is 6.08. The van der Waals surface area contributed by atoms with Gasteiger partial charge in [-0.05, 0) is 24.3 Å². The van der Waals surface area contributed by atoms with Gasteiger partial charge in [0.05, 0.1) is 0 Å². The van der Waals surface area contributed by atoms with Gasteiger partial charge in [0.2, 0.25) is 0 Å². The minimum Gasteiger partial charge on any atom is -0.136 e. The number of halogens is 4. The average Bonchev–Trinajstić information content (AvgIpc) is 2.46. The number of rotatable bonds is 3. The molecule has 0 saturated heterocycles. The lowest BCUT2D eigenvalue weighted by Gasteiger charge is -1.98. The molecule has 0 unspecified atom stereocenters. The zero-order valence-corrected chi connectivity index (χ0v) is 14.7. The molecule has 2 rings (SSSR count). The summed E-state index contributed by atoms with van der Waals surface area (Å²) in [6, 6.07) is 14.9. The summed E-state index contributed by atoms with van der Waals surface area (Å²) in [6.07, 6.45) is 0. The Kier molecular flexibility index (Phi) is 5.78. The van der Waals surface area contributed by atoms with Crippen molar-refractivity contribution >= 4 is 65.4 Å². The highest BCUT2D eigenvalue weighted by Crippen LogP contribution is 2.15. The van der Waals surface area contributed by atoms with Crippen molar-refractivity contribution in [1.29, 1.82) is 0 Å². The molecule has 0 saturated carbocycles. The summed E-state index contributed by atoms with van der Waals surface area (Å²) in [7, 11) is 0. The summed E-state index contributed by atoms with van der Waals surface area (Å²) in [4.78, 5) is 0. The maximum Gasteiger partial charge on any atom is 0.158 e. The van der Waals surface area contributed by atoms with Gasteiger partial charge in [-0.1, -0.05) is 79.3 Å². The van der Waals surface area contributed by atoms with Gasteiger partial charge in [-0.2, -0.15) is 0 Å². The smallest absolute Gasteiger partial charge is 0.136 e. The van der Waals surface area contributed by atoms with Crippen LogP contribution in [0.2, 0.25) is 0 Å². The Balaban J connectivity index is 2.19. The van der Waals surface area contributed by atoms with Gasteiger partial charge in [0, 0.05) is 20.1 Å². The van der Waals surface area contributed by atoms with Crippen LogP contribution in [0.1, 0.15) is 11.1 Å². The van der Waals surface area contributed by atoms with Gasteiger partial charge in [0.1, 0.15) is 0 Å². The van der Waals surface area contributed by atoms with E-state index in [1.165, 1.54) is 0 Å². The normalized spacial score (nSPS) is 12.6. The first-order valence-corrected chi connectivity index (χ1v) is 7.89. The van der Waals surface area contributed by atoms with Crippen molar-refractivity contribution in [2.45, 2.75) is 0 Å².